The molecule has 0 amide bonds. The molecule has 0 bridgehead atoms. The highest BCUT2D eigenvalue weighted by Gasteiger charge is 2.23. The van der Waals surface area contributed by atoms with Gasteiger partial charge in [0.25, 0.3) is 0 Å². The predicted octanol–water partition coefficient (Wildman–Crippen LogP) is 2.98. The molecule has 0 spiro atoms. The van der Waals surface area contributed by atoms with Crippen LogP contribution >= 0.6 is 23.4 Å². The van der Waals surface area contributed by atoms with E-state index in [9.17, 15) is 0 Å². The second-order valence-corrected chi connectivity index (χ2v) is 5.19. The molecular formula is C10H12ClNS. The highest BCUT2D eigenvalue weighted by Crippen LogP contribution is 2.36. The molecule has 0 fully saturated rings. The SMILES string of the molecule is CC1SCc2ccc(Cl)cc2C1N. The summed E-state index contributed by atoms with van der Waals surface area (Å²) >= 11 is 7.83. The molecule has 1 aromatic carbocycles. The zero-order valence-electron chi connectivity index (χ0n) is 7.46. The number of hydrogen-bond donors (Lipinski definition) is 1. The summed E-state index contributed by atoms with van der Waals surface area (Å²) < 4.78 is 0. The molecule has 1 aromatic rings. The van der Waals surface area contributed by atoms with E-state index in [2.05, 4.69) is 13.0 Å². The molecule has 0 saturated carbocycles. The van der Waals surface area contributed by atoms with Gasteiger partial charge in [0, 0.05) is 22.1 Å². The molecule has 0 aromatic heterocycles. The van der Waals surface area contributed by atoms with Crippen LogP contribution in [0.3, 0.4) is 0 Å². The molecule has 2 unspecified atom stereocenters. The third-order valence-electron chi connectivity index (χ3n) is 2.47. The van der Waals surface area contributed by atoms with Crippen molar-refractivity contribution < 1.29 is 0 Å². The lowest BCUT2D eigenvalue weighted by atomic mass is 9.99. The minimum atomic E-state index is 0.132. The second-order valence-electron chi connectivity index (χ2n) is 3.39. The van der Waals surface area contributed by atoms with Gasteiger partial charge < -0.3 is 5.73 Å². The summed E-state index contributed by atoms with van der Waals surface area (Å²) in [6.07, 6.45) is 0. The fourth-order valence-electron chi connectivity index (χ4n) is 1.59. The quantitative estimate of drug-likeness (QED) is 0.717. The molecule has 2 rings (SSSR count). The lowest BCUT2D eigenvalue weighted by Crippen LogP contribution is -2.25. The van der Waals surface area contributed by atoms with Crippen molar-refractivity contribution in [1.82, 2.24) is 0 Å². The van der Waals surface area contributed by atoms with E-state index in [1.54, 1.807) is 0 Å². The van der Waals surface area contributed by atoms with Gasteiger partial charge in [-0.2, -0.15) is 11.8 Å². The first kappa shape index (κ1) is 9.38. The molecule has 2 atom stereocenters. The molecule has 1 heterocycles. The second kappa shape index (κ2) is 3.52. The molecule has 0 radical (unpaired) electrons. The number of halogens is 1. The predicted molar refractivity (Wildman–Crippen MR) is 59.1 cm³/mol. The van der Waals surface area contributed by atoms with Crippen molar-refractivity contribution in [2.45, 2.75) is 24.0 Å². The summed E-state index contributed by atoms with van der Waals surface area (Å²) in [5.74, 6) is 1.06. The lowest BCUT2D eigenvalue weighted by molar-refractivity contribution is 0.698. The van der Waals surface area contributed by atoms with Crippen molar-refractivity contribution in [2.24, 2.45) is 5.73 Å². The van der Waals surface area contributed by atoms with Gasteiger partial charge in [0.15, 0.2) is 0 Å². The average Bonchev–Trinajstić information content (AvgIpc) is 2.12. The third kappa shape index (κ3) is 1.71. The van der Waals surface area contributed by atoms with E-state index in [0.717, 1.165) is 10.8 Å². The Hall–Kier alpha value is -0.180. The van der Waals surface area contributed by atoms with Crippen molar-refractivity contribution in [3.05, 3.63) is 34.3 Å². The zero-order valence-corrected chi connectivity index (χ0v) is 9.03. The maximum Gasteiger partial charge on any atom is 0.0416 e. The summed E-state index contributed by atoms with van der Waals surface area (Å²) in [5.41, 5.74) is 8.63. The largest absolute Gasteiger partial charge is 0.323 e. The smallest absolute Gasteiger partial charge is 0.0416 e. The summed E-state index contributed by atoms with van der Waals surface area (Å²) in [7, 11) is 0. The van der Waals surface area contributed by atoms with Crippen LogP contribution in [0.25, 0.3) is 0 Å². The number of hydrogen-bond acceptors (Lipinski definition) is 2. The van der Waals surface area contributed by atoms with Crippen LogP contribution in [-0.4, -0.2) is 5.25 Å². The van der Waals surface area contributed by atoms with E-state index in [1.165, 1.54) is 11.1 Å². The van der Waals surface area contributed by atoms with Gasteiger partial charge in [-0.3, -0.25) is 0 Å². The van der Waals surface area contributed by atoms with Crippen LogP contribution in [0.15, 0.2) is 18.2 Å². The van der Waals surface area contributed by atoms with Crippen molar-refractivity contribution in [1.29, 1.82) is 0 Å². The molecule has 1 aliphatic heterocycles. The fraction of sp³-hybridized carbons (Fsp3) is 0.400. The van der Waals surface area contributed by atoms with E-state index in [4.69, 9.17) is 17.3 Å². The number of rotatable bonds is 0. The minimum absolute atomic E-state index is 0.132. The lowest BCUT2D eigenvalue weighted by Gasteiger charge is -2.27. The van der Waals surface area contributed by atoms with Crippen molar-refractivity contribution >= 4 is 23.4 Å². The topological polar surface area (TPSA) is 26.0 Å². The molecule has 0 saturated heterocycles. The normalized spacial score (nSPS) is 27.0. The Morgan fingerprint density at radius 3 is 3.08 bits per heavy atom. The Balaban J connectivity index is 2.45. The summed E-state index contributed by atoms with van der Waals surface area (Å²) in [6, 6.07) is 6.14. The van der Waals surface area contributed by atoms with Crippen LogP contribution in [0.5, 0.6) is 0 Å². The van der Waals surface area contributed by atoms with Gasteiger partial charge in [-0.15, -0.1) is 0 Å². The molecule has 13 heavy (non-hydrogen) atoms. The number of thioether (sulfide) groups is 1. The van der Waals surface area contributed by atoms with Crippen molar-refractivity contribution in [3.8, 4) is 0 Å². The van der Waals surface area contributed by atoms with Gasteiger partial charge in [-0.05, 0) is 23.3 Å². The van der Waals surface area contributed by atoms with Gasteiger partial charge in [0.05, 0.1) is 0 Å². The summed E-state index contributed by atoms with van der Waals surface area (Å²) in [6.45, 7) is 2.17. The molecule has 1 nitrogen and oxygen atoms in total. The van der Waals surface area contributed by atoms with E-state index >= 15 is 0 Å². The molecule has 3 heteroatoms. The van der Waals surface area contributed by atoms with Crippen LogP contribution in [0, 0.1) is 0 Å². The van der Waals surface area contributed by atoms with Gasteiger partial charge in [-0.25, -0.2) is 0 Å². The van der Waals surface area contributed by atoms with Gasteiger partial charge in [0.2, 0.25) is 0 Å². The van der Waals surface area contributed by atoms with E-state index in [-0.39, 0.29) is 6.04 Å². The maximum atomic E-state index is 6.08. The van der Waals surface area contributed by atoms with E-state index < -0.39 is 0 Å². The highest BCUT2D eigenvalue weighted by atomic mass is 35.5. The fourth-order valence-corrected chi connectivity index (χ4v) is 2.83. The highest BCUT2D eigenvalue weighted by molar-refractivity contribution is 7.99. The Morgan fingerprint density at radius 2 is 2.31 bits per heavy atom. The first-order valence-electron chi connectivity index (χ1n) is 4.34. The first-order valence-corrected chi connectivity index (χ1v) is 5.76. The monoisotopic (exact) mass is 213 g/mol. The van der Waals surface area contributed by atoms with E-state index in [1.807, 2.05) is 23.9 Å². The number of nitrogens with two attached hydrogens (primary N) is 1. The molecule has 2 N–H and O–H groups in total. The van der Waals surface area contributed by atoms with Crippen LogP contribution in [-0.2, 0) is 5.75 Å². The van der Waals surface area contributed by atoms with Crippen molar-refractivity contribution in [2.75, 3.05) is 0 Å². The molecule has 70 valence electrons. The first-order chi connectivity index (χ1) is 6.18. The molecular weight excluding hydrogens is 202 g/mol. The zero-order chi connectivity index (χ0) is 9.42. The standard InChI is InChI=1S/C10H12ClNS/c1-6-10(12)9-4-8(11)3-2-7(9)5-13-6/h2-4,6,10H,5,12H2,1H3. The van der Waals surface area contributed by atoms with Gasteiger partial charge in [-0.1, -0.05) is 24.6 Å². The van der Waals surface area contributed by atoms with Crippen LogP contribution < -0.4 is 5.73 Å². The molecule has 0 aliphatic carbocycles. The Bertz CT molecular complexity index is 327. The minimum Gasteiger partial charge on any atom is -0.323 e. The molecule has 1 aliphatic rings. The van der Waals surface area contributed by atoms with Gasteiger partial charge >= 0.3 is 0 Å². The van der Waals surface area contributed by atoms with Crippen LogP contribution in [0.4, 0.5) is 0 Å². The van der Waals surface area contributed by atoms with Crippen LogP contribution in [0.2, 0.25) is 5.02 Å². The summed E-state index contributed by atoms with van der Waals surface area (Å²) in [5, 5.41) is 1.28. The Morgan fingerprint density at radius 1 is 1.54 bits per heavy atom. The Kier molecular flexibility index (Phi) is 2.54. The summed E-state index contributed by atoms with van der Waals surface area (Å²) in [4.78, 5) is 0. The van der Waals surface area contributed by atoms with Crippen LogP contribution in [0.1, 0.15) is 24.1 Å². The van der Waals surface area contributed by atoms with E-state index in [0.29, 0.717) is 5.25 Å². The third-order valence-corrected chi connectivity index (χ3v) is 4.01. The van der Waals surface area contributed by atoms with Gasteiger partial charge in [0.1, 0.15) is 0 Å². The van der Waals surface area contributed by atoms with Crippen molar-refractivity contribution in [3.63, 3.8) is 0 Å². The number of fused-ring (bicyclic) bond motifs is 1. The maximum absolute atomic E-state index is 6.08. The number of benzene rings is 1. The average molecular weight is 214 g/mol. The Labute approximate surface area is 87.7 Å².